The smallest absolute Gasteiger partial charge is 0.319 e. The third-order valence-corrected chi connectivity index (χ3v) is 3.21. The molecule has 106 valence electrons. The molecule has 1 aromatic carbocycles. The van der Waals surface area contributed by atoms with E-state index in [-0.39, 0.29) is 24.3 Å². The number of urea groups is 1. The molecule has 1 aromatic rings. The maximum atomic E-state index is 13.5. The summed E-state index contributed by atoms with van der Waals surface area (Å²) in [5.74, 6) is -0.331. The van der Waals surface area contributed by atoms with Crippen molar-refractivity contribution in [2.24, 2.45) is 5.92 Å². The van der Waals surface area contributed by atoms with Gasteiger partial charge in [0.05, 0.1) is 18.3 Å². The number of hydrogen-bond acceptors (Lipinski definition) is 2. The van der Waals surface area contributed by atoms with Gasteiger partial charge in [-0.1, -0.05) is 26.3 Å². The monoisotopic (exact) mass is 268 g/mol. The zero-order chi connectivity index (χ0) is 14.4. The number of aliphatic hydroxyl groups is 1. The number of anilines is 1. The van der Waals surface area contributed by atoms with E-state index in [0.29, 0.717) is 0 Å². The van der Waals surface area contributed by atoms with Crippen molar-refractivity contribution in [3.8, 4) is 0 Å². The Labute approximate surface area is 113 Å². The second-order valence-electron chi connectivity index (χ2n) is 4.76. The summed E-state index contributed by atoms with van der Waals surface area (Å²) < 4.78 is 13.5. The van der Waals surface area contributed by atoms with Crippen molar-refractivity contribution in [1.82, 2.24) is 5.32 Å². The van der Waals surface area contributed by atoms with Crippen LogP contribution in [0.2, 0.25) is 0 Å². The Hall–Kier alpha value is -1.62. The first kappa shape index (κ1) is 15.4. The molecule has 0 aliphatic carbocycles. The largest absolute Gasteiger partial charge is 0.394 e. The predicted molar refractivity (Wildman–Crippen MR) is 73.6 cm³/mol. The first-order valence-electron chi connectivity index (χ1n) is 6.42. The lowest BCUT2D eigenvalue weighted by Gasteiger charge is -2.22. The zero-order valence-electron chi connectivity index (χ0n) is 11.5. The lowest BCUT2D eigenvalue weighted by molar-refractivity contribution is 0.198. The number of nitrogens with one attached hydrogen (secondary N) is 2. The Morgan fingerprint density at radius 2 is 2.16 bits per heavy atom. The molecule has 0 aliphatic heterocycles. The molecule has 0 aromatic heterocycles. The summed E-state index contributed by atoms with van der Waals surface area (Å²) in [5.41, 5.74) is 0.996. The van der Waals surface area contributed by atoms with Gasteiger partial charge in [-0.25, -0.2) is 9.18 Å². The minimum absolute atomic E-state index is 0.137. The number of carbonyl (C=O) groups excluding carboxylic acids is 1. The van der Waals surface area contributed by atoms with Crippen LogP contribution in [0.4, 0.5) is 14.9 Å². The Kier molecular flexibility index (Phi) is 5.76. The highest BCUT2D eigenvalue weighted by Crippen LogP contribution is 2.15. The van der Waals surface area contributed by atoms with Crippen LogP contribution < -0.4 is 10.6 Å². The molecule has 2 amide bonds. The van der Waals surface area contributed by atoms with Gasteiger partial charge >= 0.3 is 6.03 Å². The van der Waals surface area contributed by atoms with E-state index in [1.54, 1.807) is 12.1 Å². The Balaban J connectivity index is 2.66. The van der Waals surface area contributed by atoms with Gasteiger partial charge in [-0.15, -0.1) is 0 Å². The van der Waals surface area contributed by atoms with Gasteiger partial charge < -0.3 is 15.7 Å². The maximum absolute atomic E-state index is 13.5. The maximum Gasteiger partial charge on any atom is 0.319 e. The summed E-state index contributed by atoms with van der Waals surface area (Å²) in [6.45, 7) is 5.60. The number of carbonyl (C=O) groups is 1. The van der Waals surface area contributed by atoms with Gasteiger partial charge in [0.2, 0.25) is 0 Å². The summed E-state index contributed by atoms with van der Waals surface area (Å²) in [5, 5.41) is 14.3. The van der Waals surface area contributed by atoms with E-state index in [2.05, 4.69) is 10.6 Å². The van der Waals surface area contributed by atoms with Gasteiger partial charge in [0.1, 0.15) is 5.82 Å². The minimum Gasteiger partial charge on any atom is -0.394 e. The first-order chi connectivity index (χ1) is 8.97. The molecule has 0 fully saturated rings. The third kappa shape index (κ3) is 4.52. The fourth-order valence-electron chi connectivity index (χ4n) is 1.71. The van der Waals surface area contributed by atoms with E-state index in [0.717, 1.165) is 12.0 Å². The average Bonchev–Trinajstić information content (AvgIpc) is 2.39. The minimum atomic E-state index is -0.510. The normalized spacial score (nSPS) is 13.7. The third-order valence-electron chi connectivity index (χ3n) is 3.21. The molecule has 19 heavy (non-hydrogen) atoms. The molecule has 4 nitrogen and oxygen atoms in total. The van der Waals surface area contributed by atoms with E-state index >= 15 is 0 Å². The van der Waals surface area contributed by atoms with Crippen LogP contribution in [-0.2, 0) is 0 Å². The highest BCUT2D eigenvalue weighted by atomic mass is 19.1. The van der Waals surface area contributed by atoms with Crippen molar-refractivity contribution in [3.63, 3.8) is 0 Å². The molecule has 0 heterocycles. The highest BCUT2D eigenvalue weighted by Gasteiger charge is 2.17. The molecular formula is C14H21FN2O2. The number of aliphatic hydroxyl groups excluding tert-OH is 1. The van der Waals surface area contributed by atoms with E-state index in [4.69, 9.17) is 0 Å². The van der Waals surface area contributed by atoms with Crippen molar-refractivity contribution < 1.29 is 14.3 Å². The quantitative estimate of drug-likeness (QED) is 0.769. The SMILES string of the molecule is CC[C@H](C)[C@@H](CO)NC(=O)Nc1cc(C)ccc1F. The van der Waals surface area contributed by atoms with Crippen molar-refractivity contribution in [2.75, 3.05) is 11.9 Å². The Bertz CT molecular complexity index is 437. The number of aryl methyl sites for hydroxylation is 1. The molecule has 0 saturated heterocycles. The standard InChI is InChI=1S/C14H21FN2O2/c1-4-10(3)13(8-18)17-14(19)16-12-7-9(2)5-6-11(12)15/h5-7,10,13,18H,4,8H2,1-3H3,(H2,16,17,19)/t10-,13+/m0/s1. The topological polar surface area (TPSA) is 61.4 Å². The van der Waals surface area contributed by atoms with Crippen molar-refractivity contribution in [1.29, 1.82) is 0 Å². The molecule has 0 spiro atoms. The van der Waals surface area contributed by atoms with Gasteiger partial charge in [0.15, 0.2) is 0 Å². The zero-order valence-corrected chi connectivity index (χ0v) is 11.5. The summed E-state index contributed by atoms with van der Waals surface area (Å²) in [4.78, 5) is 11.8. The van der Waals surface area contributed by atoms with E-state index in [1.807, 2.05) is 20.8 Å². The molecule has 1 rings (SSSR count). The molecule has 5 heteroatoms. The van der Waals surface area contributed by atoms with Crippen molar-refractivity contribution in [2.45, 2.75) is 33.2 Å². The van der Waals surface area contributed by atoms with Crippen LogP contribution in [0.25, 0.3) is 0 Å². The van der Waals surface area contributed by atoms with Gasteiger partial charge in [-0.3, -0.25) is 0 Å². The molecule has 0 saturated carbocycles. The molecule has 3 N–H and O–H groups in total. The van der Waals surface area contributed by atoms with E-state index in [9.17, 15) is 14.3 Å². The van der Waals surface area contributed by atoms with Crippen LogP contribution in [0.1, 0.15) is 25.8 Å². The van der Waals surface area contributed by atoms with Crippen LogP contribution in [-0.4, -0.2) is 23.8 Å². The van der Waals surface area contributed by atoms with Crippen LogP contribution in [0.15, 0.2) is 18.2 Å². The second-order valence-corrected chi connectivity index (χ2v) is 4.76. The highest BCUT2D eigenvalue weighted by molar-refractivity contribution is 5.89. The van der Waals surface area contributed by atoms with Crippen LogP contribution in [0, 0.1) is 18.7 Å². The number of rotatable bonds is 5. The predicted octanol–water partition coefficient (Wildman–Crippen LogP) is 2.66. The Morgan fingerprint density at radius 1 is 1.47 bits per heavy atom. The average molecular weight is 268 g/mol. The van der Waals surface area contributed by atoms with Crippen molar-refractivity contribution in [3.05, 3.63) is 29.6 Å². The van der Waals surface area contributed by atoms with E-state index < -0.39 is 11.8 Å². The summed E-state index contributed by atoms with van der Waals surface area (Å²) >= 11 is 0. The fourth-order valence-corrected chi connectivity index (χ4v) is 1.71. The number of hydrogen-bond donors (Lipinski definition) is 3. The van der Waals surface area contributed by atoms with Crippen LogP contribution in [0.3, 0.4) is 0 Å². The number of amides is 2. The second kappa shape index (κ2) is 7.09. The van der Waals surface area contributed by atoms with Gasteiger partial charge in [-0.2, -0.15) is 0 Å². The molecular weight excluding hydrogens is 247 g/mol. The molecule has 0 aliphatic rings. The molecule has 0 unspecified atom stereocenters. The fraction of sp³-hybridized carbons (Fsp3) is 0.500. The summed E-state index contributed by atoms with van der Waals surface area (Å²) in [6, 6.07) is 3.66. The first-order valence-corrected chi connectivity index (χ1v) is 6.42. The lowest BCUT2D eigenvalue weighted by atomic mass is 10.0. The number of benzene rings is 1. The molecule has 2 atom stereocenters. The van der Waals surface area contributed by atoms with Crippen molar-refractivity contribution >= 4 is 11.7 Å². The lowest BCUT2D eigenvalue weighted by Crippen LogP contribution is -2.44. The number of halogens is 1. The Morgan fingerprint density at radius 3 is 2.74 bits per heavy atom. The van der Waals surface area contributed by atoms with Gasteiger partial charge in [-0.05, 0) is 30.5 Å². The molecule has 0 radical (unpaired) electrons. The summed E-state index contributed by atoms with van der Waals surface area (Å²) in [7, 11) is 0. The van der Waals surface area contributed by atoms with Crippen LogP contribution in [0.5, 0.6) is 0 Å². The van der Waals surface area contributed by atoms with Gasteiger partial charge in [0.25, 0.3) is 0 Å². The van der Waals surface area contributed by atoms with Crippen LogP contribution >= 0.6 is 0 Å². The summed E-state index contributed by atoms with van der Waals surface area (Å²) in [6.07, 6.45) is 0.838. The van der Waals surface area contributed by atoms with Gasteiger partial charge in [0, 0.05) is 0 Å². The molecule has 0 bridgehead atoms. The van der Waals surface area contributed by atoms with E-state index in [1.165, 1.54) is 6.07 Å².